The molecule has 0 heterocycles. The van der Waals surface area contributed by atoms with Gasteiger partial charge in [0.25, 0.3) is 0 Å². The maximum Gasteiger partial charge on any atom is 0.508 e. The van der Waals surface area contributed by atoms with Crippen LogP contribution < -0.4 is 0 Å². The van der Waals surface area contributed by atoms with E-state index in [0.29, 0.717) is 5.92 Å². The van der Waals surface area contributed by atoms with Crippen LogP contribution in [0.3, 0.4) is 0 Å². The molecule has 1 aliphatic carbocycles. The quantitative estimate of drug-likeness (QED) is 0.592. The second kappa shape index (κ2) is 7.28. The van der Waals surface area contributed by atoms with Crippen molar-refractivity contribution < 1.29 is 19.4 Å². The Morgan fingerprint density at radius 2 is 2.12 bits per heavy atom. The molecule has 0 amide bonds. The van der Waals surface area contributed by atoms with Crippen LogP contribution in [-0.4, -0.2) is 31.1 Å². The molecule has 1 atom stereocenters. The number of ether oxygens (including phenoxy) is 2. The van der Waals surface area contributed by atoms with Crippen molar-refractivity contribution >= 4 is 6.16 Å². The monoisotopic (exact) mass is 228 g/mol. The molecular weight excluding hydrogens is 208 g/mol. The first-order chi connectivity index (χ1) is 7.77. The SMILES string of the molecule is COC(=O)OC(/C=C\CO)C1CCCCC1. The largest absolute Gasteiger partial charge is 0.508 e. The number of aliphatic hydroxyl groups excluding tert-OH is 1. The van der Waals surface area contributed by atoms with Crippen LogP contribution in [0.4, 0.5) is 4.79 Å². The van der Waals surface area contributed by atoms with Gasteiger partial charge in [0, 0.05) is 0 Å². The zero-order valence-electron chi connectivity index (χ0n) is 9.72. The third-order valence-electron chi connectivity index (χ3n) is 2.94. The number of carbonyl (C=O) groups is 1. The van der Waals surface area contributed by atoms with E-state index in [2.05, 4.69) is 4.74 Å². The first-order valence-electron chi connectivity index (χ1n) is 5.80. The summed E-state index contributed by atoms with van der Waals surface area (Å²) in [5.74, 6) is 0.357. The van der Waals surface area contributed by atoms with Gasteiger partial charge in [-0.15, -0.1) is 0 Å². The molecule has 0 bridgehead atoms. The van der Waals surface area contributed by atoms with Crippen LogP contribution in [0.1, 0.15) is 32.1 Å². The van der Waals surface area contributed by atoms with E-state index >= 15 is 0 Å². The van der Waals surface area contributed by atoms with Gasteiger partial charge in [0.15, 0.2) is 0 Å². The average molecular weight is 228 g/mol. The van der Waals surface area contributed by atoms with Gasteiger partial charge >= 0.3 is 6.16 Å². The Morgan fingerprint density at radius 3 is 2.69 bits per heavy atom. The Balaban J connectivity index is 2.54. The molecule has 0 radical (unpaired) electrons. The van der Waals surface area contributed by atoms with E-state index in [-0.39, 0.29) is 12.7 Å². The molecule has 0 aromatic heterocycles. The fraction of sp³-hybridized carbons (Fsp3) is 0.750. The van der Waals surface area contributed by atoms with Crippen LogP contribution in [0.25, 0.3) is 0 Å². The van der Waals surface area contributed by atoms with Crippen molar-refractivity contribution in [1.82, 2.24) is 0 Å². The Kier molecular flexibility index (Phi) is 5.93. The first kappa shape index (κ1) is 13.0. The fourth-order valence-corrected chi connectivity index (χ4v) is 2.11. The zero-order chi connectivity index (χ0) is 11.8. The number of methoxy groups -OCH3 is 1. The maximum absolute atomic E-state index is 11.1. The number of rotatable bonds is 4. The zero-order valence-corrected chi connectivity index (χ0v) is 9.72. The molecule has 0 aliphatic heterocycles. The second-order valence-electron chi connectivity index (χ2n) is 4.05. The summed E-state index contributed by atoms with van der Waals surface area (Å²) in [6.45, 7) is -0.0340. The van der Waals surface area contributed by atoms with Gasteiger partial charge in [-0.2, -0.15) is 0 Å². The van der Waals surface area contributed by atoms with Crippen LogP contribution in [-0.2, 0) is 9.47 Å². The predicted molar refractivity (Wildman–Crippen MR) is 60.1 cm³/mol. The highest BCUT2D eigenvalue weighted by Crippen LogP contribution is 2.28. The van der Waals surface area contributed by atoms with Gasteiger partial charge in [0.1, 0.15) is 6.10 Å². The van der Waals surface area contributed by atoms with E-state index in [9.17, 15) is 4.79 Å². The molecule has 0 aromatic rings. The van der Waals surface area contributed by atoms with Crippen molar-refractivity contribution in [2.45, 2.75) is 38.2 Å². The minimum absolute atomic E-state index is 0.0340. The summed E-state index contributed by atoms with van der Waals surface area (Å²) in [6.07, 6.45) is 8.20. The van der Waals surface area contributed by atoms with Crippen molar-refractivity contribution in [3.63, 3.8) is 0 Å². The van der Waals surface area contributed by atoms with E-state index < -0.39 is 6.16 Å². The van der Waals surface area contributed by atoms with Crippen LogP contribution in [0.15, 0.2) is 12.2 Å². The molecule has 1 aliphatic rings. The second-order valence-corrected chi connectivity index (χ2v) is 4.05. The molecule has 1 rings (SSSR count). The molecule has 0 spiro atoms. The van der Waals surface area contributed by atoms with Gasteiger partial charge in [0.05, 0.1) is 13.7 Å². The van der Waals surface area contributed by atoms with Gasteiger partial charge < -0.3 is 14.6 Å². The van der Waals surface area contributed by atoms with Gasteiger partial charge in [-0.3, -0.25) is 0 Å². The lowest BCUT2D eigenvalue weighted by Gasteiger charge is -2.27. The van der Waals surface area contributed by atoms with Gasteiger partial charge in [-0.1, -0.05) is 25.3 Å². The topological polar surface area (TPSA) is 55.8 Å². The van der Waals surface area contributed by atoms with E-state index in [1.165, 1.54) is 26.4 Å². The van der Waals surface area contributed by atoms with Gasteiger partial charge in [-0.05, 0) is 24.8 Å². The number of hydrogen-bond donors (Lipinski definition) is 1. The lowest BCUT2D eigenvalue weighted by Crippen LogP contribution is -2.27. The summed E-state index contributed by atoms with van der Waals surface area (Å²) >= 11 is 0. The van der Waals surface area contributed by atoms with E-state index in [1.54, 1.807) is 12.2 Å². The van der Waals surface area contributed by atoms with Crippen LogP contribution >= 0.6 is 0 Å². The molecule has 1 saturated carbocycles. The Bertz CT molecular complexity index is 231. The molecule has 1 fully saturated rings. The normalized spacial score (nSPS) is 19.6. The van der Waals surface area contributed by atoms with Gasteiger partial charge in [-0.25, -0.2) is 4.79 Å². The highest BCUT2D eigenvalue weighted by atomic mass is 16.7. The third kappa shape index (κ3) is 4.23. The summed E-state index contributed by atoms with van der Waals surface area (Å²) in [6, 6.07) is 0. The van der Waals surface area contributed by atoms with Crippen molar-refractivity contribution in [1.29, 1.82) is 0 Å². The third-order valence-corrected chi connectivity index (χ3v) is 2.94. The Hall–Kier alpha value is -1.03. The highest BCUT2D eigenvalue weighted by molar-refractivity contribution is 5.60. The minimum Gasteiger partial charge on any atom is -0.438 e. The number of hydrogen-bond acceptors (Lipinski definition) is 4. The van der Waals surface area contributed by atoms with Crippen molar-refractivity contribution in [3.05, 3.63) is 12.2 Å². The van der Waals surface area contributed by atoms with E-state index in [4.69, 9.17) is 9.84 Å². The Labute approximate surface area is 96.2 Å². The Morgan fingerprint density at radius 1 is 1.44 bits per heavy atom. The molecule has 92 valence electrons. The lowest BCUT2D eigenvalue weighted by atomic mass is 9.85. The minimum atomic E-state index is -0.654. The molecule has 1 unspecified atom stereocenters. The molecule has 0 aromatic carbocycles. The van der Waals surface area contributed by atoms with E-state index in [0.717, 1.165) is 12.8 Å². The van der Waals surface area contributed by atoms with Gasteiger partial charge in [0.2, 0.25) is 0 Å². The first-order valence-corrected chi connectivity index (χ1v) is 5.80. The highest BCUT2D eigenvalue weighted by Gasteiger charge is 2.25. The lowest BCUT2D eigenvalue weighted by molar-refractivity contribution is 0.0251. The smallest absolute Gasteiger partial charge is 0.438 e. The van der Waals surface area contributed by atoms with Crippen LogP contribution in [0, 0.1) is 5.92 Å². The van der Waals surface area contributed by atoms with Crippen LogP contribution in [0.5, 0.6) is 0 Å². The number of carbonyl (C=O) groups excluding carboxylic acids is 1. The summed E-state index contributed by atoms with van der Waals surface area (Å²) in [5, 5.41) is 8.75. The summed E-state index contributed by atoms with van der Waals surface area (Å²) in [5.41, 5.74) is 0. The molecule has 1 N–H and O–H groups in total. The maximum atomic E-state index is 11.1. The fourth-order valence-electron chi connectivity index (χ4n) is 2.11. The summed E-state index contributed by atoms with van der Waals surface area (Å²) < 4.78 is 9.68. The average Bonchev–Trinajstić information content (AvgIpc) is 2.35. The van der Waals surface area contributed by atoms with E-state index in [1.807, 2.05) is 0 Å². The standard InChI is InChI=1S/C12H20O4/c1-15-12(14)16-11(8-5-9-13)10-6-3-2-4-7-10/h5,8,10-11,13H,2-4,6-7,9H2,1H3/b8-5-. The number of aliphatic hydroxyl groups is 1. The molecule has 16 heavy (non-hydrogen) atoms. The summed E-state index contributed by atoms with van der Waals surface area (Å²) in [7, 11) is 1.30. The molecule has 0 saturated heterocycles. The summed E-state index contributed by atoms with van der Waals surface area (Å²) in [4.78, 5) is 11.1. The molecular formula is C12H20O4. The van der Waals surface area contributed by atoms with Crippen molar-refractivity contribution in [2.24, 2.45) is 5.92 Å². The van der Waals surface area contributed by atoms with Crippen molar-refractivity contribution in [2.75, 3.05) is 13.7 Å². The predicted octanol–water partition coefficient (Wildman–Crippen LogP) is 2.27. The van der Waals surface area contributed by atoms with Crippen molar-refractivity contribution in [3.8, 4) is 0 Å². The van der Waals surface area contributed by atoms with Crippen LogP contribution in [0.2, 0.25) is 0 Å². The molecule has 4 heteroatoms. The molecule has 4 nitrogen and oxygen atoms in total.